The van der Waals surface area contributed by atoms with Crippen molar-refractivity contribution in [2.24, 2.45) is 0 Å². The van der Waals surface area contributed by atoms with Crippen LogP contribution in [0.1, 0.15) is 39.9 Å². The van der Waals surface area contributed by atoms with Gasteiger partial charge in [0.05, 0.1) is 0 Å². The monoisotopic (exact) mass is 309 g/mol. The van der Waals surface area contributed by atoms with E-state index in [0.29, 0.717) is 12.1 Å². The molecule has 0 saturated carbocycles. The number of aromatic nitrogens is 1. The fourth-order valence-electron chi connectivity index (χ4n) is 2.86. The number of hydrogen-bond acceptors (Lipinski definition) is 3. The van der Waals surface area contributed by atoms with Crippen LogP contribution in [-0.2, 0) is 6.54 Å². The molecule has 0 radical (unpaired) electrons. The summed E-state index contributed by atoms with van der Waals surface area (Å²) in [5, 5.41) is 2.99. The maximum atomic E-state index is 12.3. The van der Waals surface area contributed by atoms with Gasteiger partial charge in [0.25, 0.3) is 5.91 Å². The molecule has 1 aromatic carbocycles. The number of nitrogens with one attached hydrogen (secondary N) is 1. The lowest BCUT2D eigenvalue weighted by Crippen LogP contribution is -2.23. The zero-order valence-electron chi connectivity index (χ0n) is 13.8. The third-order valence-corrected chi connectivity index (χ3v) is 4.46. The number of rotatable bonds is 4. The fraction of sp³-hybridized carbons (Fsp3) is 0.368. The van der Waals surface area contributed by atoms with Crippen LogP contribution in [0.4, 0.5) is 5.82 Å². The second-order valence-electron chi connectivity index (χ2n) is 6.20. The lowest BCUT2D eigenvalue weighted by Gasteiger charge is -2.17. The van der Waals surface area contributed by atoms with Gasteiger partial charge < -0.3 is 10.2 Å². The number of pyridine rings is 1. The van der Waals surface area contributed by atoms with Crippen LogP contribution in [0.3, 0.4) is 0 Å². The summed E-state index contributed by atoms with van der Waals surface area (Å²) in [5.74, 6) is 0.980. The van der Waals surface area contributed by atoms with E-state index in [4.69, 9.17) is 0 Å². The molecule has 0 atom stereocenters. The predicted molar refractivity (Wildman–Crippen MR) is 92.8 cm³/mol. The quantitative estimate of drug-likeness (QED) is 0.943. The van der Waals surface area contributed by atoms with Crippen molar-refractivity contribution in [1.82, 2.24) is 10.3 Å². The van der Waals surface area contributed by atoms with Crippen molar-refractivity contribution < 1.29 is 4.79 Å². The van der Waals surface area contributed by atoms with Crippen LogP contribution in [0.5, 0.6) is 0 Å². The Hall–Kier alpha value is -2.36. The highest BCUT2D eigenvalue weighted by atomic mass is 16.1. The van der Waals surface area contributed by atoms with Crippen LogP contribution in [0.2, 0.25) is 0 Å². The standard InChI is InChI=1S/C19H23N3O/c1-14-5-6-17(11-15(14)2)19(23)21-13-16-7-8-20-18(12-16)22-9-3-4-10-22/h5-8,11-12H,3-4,9-10,13H2,1-2H3,(H,21,23). The number of anilines is 1. The van der Waals surface area contributed by atoms with E-state index in [-0.39, 0.29) is 5.91 Å². The van der Waals surface area contributed by atoms with E-state index >= 15 is 0 Å². The van der Waals surface area contributed by atoms with E-state index in [1.54, 1.807) is 0 Å². The van der Waals surface area contributed by atoms with E-state index in [9.17, 15) is 4.79 Å². The van der Waals surface area contributed by atoms with Crippen molar-refractivity contribution in [1.29, 1.82) is 0 Å². The summed E-state index contributed by atoms with van der Waals surface area (Å²) in [6.07, 6.45) is 4.29. The van der Waals surface area contributed by atoms with Gasteiger partial charge in [-0.2, -0.15) is 0 Å². The van der Waals surface area contributed by atoms with E-state index in [0.717, 1.165) is 30.0 Å². The maximum absolute atomic E-state index is 12.3. The van der Waals surface area contributed by atoms with E-state index < -0.39 is 0 Å². The predicted octanol–water partition coefficient (Wildman–Crippen LogP) is 3.23. The molecule has 1 aliphatic heterocycles. The average molecular weight is 309 g/mol. The third kappa shape index (κ3) is 3.70. The lowest BCUT2D eigenvalue weighted by atomic mass is 10.1. The largest absolute Gasteiger partial charge is 0.357 e. The van der Waals surface area contributed by atoms with Crippen LogP contribution in [0.15, 0.2) is 36.5 Å². The number of carbonyl (C=O) groups excluding carboxylic acids is 1. The molecule has 4 nitrogen and oxygen atoms in total. The molecule has 3 rings (SSSR count). The highest BCUT2D eigenvalue weighted by molar-refractivity contribution is 5.94. The van der Waals surface area contributed by atoms with Gasteiger partial charge in [0.1, 0.15) is 5.82 Å². The lowest BCUT2D eigenvalue weighted by molar-refractivity contribution is 0.0951. The smallest absolute Gasteiger partial charge is 0.251 e. The maximum Gasteiger partial charge on any atom is 0.251 e. The van der Waals surface area contributed by atoms with Crippen LogP contribution < -0.4 is 10.2 Å². The number of aryl methyl sites for hydroxylation is 2. The van der Waals surface area contributed by atoms with Crippen molar-refractivity contribution in [3.63, 3.8) is 0 Å². The molecule has 4 heteroatoms. The number of carbonyl (C=O) groups is 1. The van der Waals surface area contributed by atoms with Gasteiger partial charge in [0, 0.05) is 31.4 Å². The highest BCUT2D eigenvalue weighted by Gasteiger charge is 2.14. The molecule has 0 unspecified atom stereocenters. The molecule has 1 saturated heterocycles. The fourth-order valence-corrected chi connectivity index (χ4v) is 2.86. The van der Waals surface area contributed by atoms with E-state index in [2.05, 4.69) is 21.3 Å². The summed E-state index contributed by atoms with van der Waals surface area (Å²) in [4.78, 5) is 19.0. The first-order chi connectivity index (χ1) is 11.1. The van der Waals surface area contributed by atoms with Crippen molar-refractivity contribution in [3.05, 3.63) is 58.8 Å². The first-order valence-electron chi connectivity index (χ1n) is 8.19. The van der Waals surface area contributed by atoms with Crippen molar-refractivity contribution in [2.75, 3.05) is 18.0 Å². The topological polar surface area (TPSA) is 45.2 Å². The SMILES string of the molecule is Cc1ccc(C(=O)NCc2ccnc(N3CCCC3)c2)cc1C. The molecule has 2 aromatic rings. The van der Waals surface area contributed by atoms with Crippen LogP contribution in [-0.4, -0.2) is 24.0 Å². The van der Waals surface area contributed by atoms with Gasteiger partial charge in [-0.3, -0.25) is 4.79 Å². The van der Waals surface area contributed by atoms with Crippen LogP contribution >= 0.6 is 0 Å². The minimum Gasteiger partial charge on any atom is -0.357 e. The molecule has 0 spiro atoms. The Labute approximate surface area is 137 Å². The summed E-state index contributed by atoms with van der Waals surface area (Å²) < 4.78 is 0. The van der Waals surface area contributed by atoms with Gasteiger partial charge in [0.2, 0.25) is 0 Å². The van der Waals surface area contributed by atoms with Crippen LogP contribution in [0.25, 0.3) is 0 Å². The Morgan fingerprint density at radius 3 is 2.65 bits per heavy atom. The Balaban J connectivity index is 1.64. The molecule has 120 valence electrons. The van der Waals surface area contributed by atoms with Gasteiger partial charge >= 0.3 is 0 Å². The first kappa shape index (κ1) is 15.5. The van der Waals surface area contributed by atoms with Gasteiger partial charge in [0.15, 0.2) is 0 Å². The summed E-state index contributed by atoms with van der Waals surface area (Å²) in [6.45, 7) is 6.75. The van der Waals surface area contributed by atoms with Gasteiger partial charge in [-0.15, -0.1) is 0 Å². The Kier molecular flexibility index (Phi) is 4.60. The molecule has 2 heterocycles. The first-order valence-corrected chi connectivity index (χ1v) is 8.19. The number of nitrogens with zero attached hydrogens (tertiary/aromatic N) is 2. The summed E-state index contributed by atoms with van der Waals surface area (Å²) in [7, 11) is 0. The van der Waals surface area contributed by atoms with Crippen LogP contribution in [0, 0.1) is 13.8 Å². The number of hydrogen-bond donors (Lipinski definition) is 1. The second kappa shape index (κ2) is 6.82. The van der Waals surface area contributed by atoms with E-state index in [1.165, 1.54) is 18.4 Å². The summed E-state index contributed by atoms with van der Waals surface area (Å²) >= 11 is 0. The minimum absolute atomic E-state index is 0.0346. The number of amides is 1. The molecule has 1 aromatic heterocycles. The second-order valence-corrected chi connectivity index (χ2v) is 6.20. The Bertz CT molecular complexity index is 706. The third-order valence-electron chi connectivity index (χ3n) is 4.46. The zero-order chi connectivity index (χ0) is 16.2. The van der Waals surface area contributed by atoms with E-state index in [1.807, 2.05) is 44.3 Å². The van der Waals surface area contributed by atoms with Crippen molar-refractivity contribution >= 4 is 11.7 Å². The highest BCUT2D eigenvalue weighted by Crippen LogP contribution is 2.18. The van der Waals surface area contributed by atoms with Gasteiger partial charge in [-0.1, -0.05) is 6.07 Å². The Morgan fingerprint density at radius 1 is 1.13 bits per heavy atom. The average Bonchev–Trinajstić information content (AvgIpc) is 3.10. The molecule has 0 bridgehead atoms. The summed E-state index contributed by atoms with van der Waals surface area (Å²) in [5.41, 5.74) is 4.13. The Morgan fingerprint density at radius 2 is 1.91 bits per heavy atom. The van der Waals surface area contributed by atoms with Crippen molar-refractivity contribution in [3.8, 4) is 0 Å². The van der Waals surface area contributed by atoms with Crippen molar-refractivity contribution in [2.45, 2.75) is 33.2 Å². The van der Waals surface area contributed by atoms with Gasteiger partial charge in [-0.25, -0.2) is 4.98 Å². The van der Waals surface area contributed by atoms with Gasteiger partial charge in [-0.05, 0) is 67.6 Å². The molecule has 1 fully saturated rings. The molecule has 0 aliphatic carbocycles. The molecular weight excluding hydrogens is 286 g/mol. The normalized spacial score (nSPS) is 14.1. The molecule has 1 amide bonds. The zero-order valence-corrected chi connectivity index (χ0v) is 13.8. The number of benzene rings is 1. The molecule has 1 N–H and O–H groups in total. The molecule has 23 heavy (non-hydrogen) atoms. The molecule has 1 aliphatic rings. The minimum atomic E-state index is -0.0346. The molecular formula is C19H23N3O. The summed E-state index contributed by atoms with van der Waals surface area (Å²) in [6, 6.07) is 9.83.